The van der Waals surface area contributed by atoms with E-state index in [1.54, 1.807) is 18.3 Å². The fourth-order valence-corrected chi connectivity index (χ4v) is 3.07. The zero-order chi connectivity index (χ0) is 14.8. The molecule has 0 aliphatic rings. The van der Waals surface area contributed by atoms with Gasteiger partial charge in [-0.05, 0) is 24.6 Å². The number of anilines is 1. The lowest BCUT2D eigenvalue weighted by Gasteiger charge is -2.09. The maximum atomic E-state index is 12.2. The molecule has 0 aliphatic heterocycles. The molecule has 6 nitrogen and oxygen atoms in total. The first-order valence-electron chi connectivity index (χ1n) is 6.22. The summed E-state index contributed by atoms with van der Waals surface area (Å²) >= 11 is 0. The van der Waals surface area contributed by atoms with Crippen molar-refractivity contribution in [3.63, 3.8) is 0 Å². The van der Waals surface area contributed by atoms with Gasteiger partial charge in [0.25, 0.3) is 0 Å². The Morgan fingerprint density at radius 1 is 1.40 bits per heavy atom. The highest BCUT2D eigenvalue weighted by Crippen LogP contribution is 2.19. The number of hydrogen-bond acceptors (Lipinski definition) is 4. The molecule has 20 heavy (non-hydrogen) atoms. The number of aryl methyl sites for hydroxylation is 2. The van der Waals surface area contributed by atoms with Gasteiger partial charge in [-0.25, -0.2) is 18.1 Å². The predicted molar refractivity (Wildman–Crippen MR) is 77.7 cm³/mol. The minimum absolute atomic E-state index is 0.114. The van der Waals surface area contributed by atoms with Gasteiger partial charge in [0.15, 0.2) is 0 Å². The Morgan fingerprint density at radius 2 is 2.15 bits per heavy atom. The quantitative estimate of drug-likeness (QED) is 0.799. The Labute approximate surface area is 118 Å². The van der Waals surface area contributed by atoms with Crippen LogP contribution in [0.5, 0.6) is 0 Å². The zero-order valence-electron chi connectivity index (χ0n) is 11.5. The Hall–Kier alpha value is -1.86. The van der Waals surface area contributed by atoms with E-state index in [-0.39, 0.29) is 17.1 Å². The monoisotopic (exact) mass is 294 g/mol. The molecule has 1 aromatic heterocycles. The molecule has 0 atom stereocenters. The number of rotatable bonds is 5. The van der Waals surface area contributed by atoms with Crippen LogP contribution in [0, 0.1) is 6.92 Å². The van der Waals surface area contributed by atoms with Crippen molar-refractivity contribution in [1.29, 1.82) is 0 Å². The minimum atomic E-state index is -3.59. The second kappa shape index (κ2) is 5.64. The van der Waals surface area contributed by atoms with E-state index in [0.717, 1.165) is 11.4 Å². The molecule has 1 heterocycles. The number of aromatic nitrogens is 2. The minimum Gasteiger partial charge on any atom is -0.398 e. The van der Waals surface area contributed by atoms with E-state index < -0.39 is 10.0 Å². The predicted octanol–water partition coefficient (Wildman–Crippen LogP) is 0.832. The van der Waals surface area contributed by atoms with Crippen LogP contribution in [0.1, 0.15) is 11.4 Å². The van der Waals surface area contributed by atoms with Crippen LogP contribution in [0.2, 0.25) is 0 Å². The molecule has 0 spiro atoms. The average Bonchev–Trinajstić information content (AvgIpc) is 2.74. The zero-order valence-corrected chi connectivity index (χ0v) is 12.3. The number of nitrogens with one attached hydrogen (secondary N) is 1. The van der Waals surface area contributed by atoms with E-state index in [1.807, 2.05) is 24.7 Å². The molecule has 0 fully saturated rings. The van der Waals surface area contributed by atoms with E-state index in [2.05, 4.69) is 9.71 Å². The van der Waals surface area contributed by atoms with Crippen LogP contribution in [0.25, 0.3) is 0 Å². The van der Waals surface area contributed by atoms with Crippen LogP contribution in [-0.4, -0.2) is 24.5 Å². The number of benzene rings is 1. The number of nitrogens with two attached hydrogens (primary N) is 1. The summed E-state index contributed by atoms with van der Waals surface area (Å²) in [6.45, 7) is 2.14. The number of nitrogen functional groups attached to an aromatic ring is 1. The Morgan fingerprint density at radius 3 is 2.75 bits per heavy atom. The Balaban J connectivity index is 2.06. The molecule has 0 saturated heterocycles. The molecule has 0 unspecified atom stereocenters. The molecule has 1 aromatic carbocycles. The van der Waals surface area contributed by atoms with Gasteiger partial charge in [-0.1, -0.05) is 6.07 Å². The normalized spacial score (nSPS) is 11.7. The summed E-state index contributed by atoms with van der Waals surface area (Å²) in [5.74, 6) is 0.824. The largest absolute Gasteiger partial charge is 0.398 e. The van der Waals surface area contributed by atoms with Gasteiger partial charge in [-0.15, -0.1) is 0 Å². The van der Waals surface area contributed by atoms with Gasteiger partial charge in [0.1, 0.15) is 10.7 Å². The van der Waals surface area contributed by atoms with Crippen molar-refractivity contribution < 1.29 is 8.42 Å². The van der Waals surface area contributed by atoms with E-state index >= 15 is 0 Å². The summed E-state index contributed by atoms with van der Waals surface area (Å²) in [4.78, 5) is 4.25. The average molecular weight is 294 g/mol. The molecule has 0 saturated carbocycles. The van der Waals surface area contributed by atoms with Crippen LogP contribution in [-0.2, 0) is 23.5 Å². The SMILES string of the molecule is Cc1ccc(S(=O)(=O)NCCc2nccn2C)c(N)c1. The van der Waals surface area contributed by atoms with E-state index in [0.29, 0.717) is 6.42 Å². The van der Waals surface area contributed by atoms with Crippen molar-refractivity contribution in [1.82, 2.24) is 14.3 Å². The fourth-order valence-electron chi connectivity index (χ4n) is 1.92. The summed E-state index contributed by atoms with van der Waals surface area (Å²) in [7, 11) is -1.72. The van der Waals surface area contributed by atoms with Crippen molar-refractivity contribution in [3.05, 3.63) is 42.0 Å². The van der Waals surface area contributed by atoms with E-state index in [9.17, 15) is 8.42 Å². The lowest BCUT2D eigenvalue weighted by Crippen LogP contribution is -2.27. The first-order valence-corrected chi connectivity index (χ1v) is 7.70. The summed E-state index contributed by atoms with van der Waals surface area (Å²) in [6, 6.07) is 4.89. The van der Waals surface area contributed by atoms with Gasteiger partial charge in [0.2, 0.25) is 10.0 Å². The molecule has 2 rings (SSSR count). The molecule has 0 amide bonds. The molecule has 0 radical (unpaired) electrons. The molecule has 7 heteroatoms. The Kier molecular flexibility index (Phi) is 4.10. The smallest absolute Gasteiger partial charge is 0.242 e. The Bertz CT molecular complexity index is 707. The van der Waals surface area contributed by atoms with Crippen LogP contribution < -0.4 is 10.5 Å². The second-order valence-electron chi connectivity index (χ2n) is 4.64. The first kappa shape index (κ1) is 14.5. The van der Waals surface area contributed by atoms with Crippen LogP contribution in [0.3, 0.4) is 0 Å². The summed E-state index contributed by atoms with van der Waals surface area (Å²) in [5, 5.41) is 0. The van der Waals surface area contributed by atoms with Gasteiger partial charge in [0.05, 0.1) is 5.69 Å². The number of nitrogens with zero attached hydrogens (tertiary/aromatic N) is 2. The van der Waals surface area contributed by atoms with Gasteiger partial charge < -0.3 is 10.3 Å². The highest BCUT2D eigenvalue weighted by molar-refractivity contribution is 7.89. The molecular formula is C13H18N4O2S. The number of imidazole rings is 1. The highest BCUT2D eigenvalue weighted by Gasteiger charge is 2.16. The lowest BCUT2D eigenvalue weighted by molar-refractivity contribution is 0.580. The van der Waals surface area contributed by atoms with Crippen molar-refractivity contribution in [3.8, 4) is 0 Å². The molecule has 108 valence electrons. The van der Waals surface area contributed by atoms with Gasteiger partial charge >= 0.3 is 0 Å². The molecule has 3 N–H and O–H groups in total. The van der Waals surface area contributed by atoms with Crippen LogP contribution >= 0.6 is 0 Å². The van der Waals surface area contributed by atoms with Crippen LogP contribution in [0.15, 0.2) is 35.5 Å². The summed E-state index contributed by atoms with van der Waals surface area (Å²) in [6.07, 6.45) is 4.03. The molecule has 0 bridgehead atoms. The highest BCUT2D eigenvalue weighted by atomic mass is 32.2. The third-order valence-electron chi connectivity index (χ3n) is 3.02. The standard InChI is InChI=1S/C13H18N4O2S/c1-10-3-4-12(11(14)9-10)20(18,19)16-6-5-13-15-7-8-17(13)2/h3-4,7-9,16H,5-6,14H2,1-2H3. The van der Waals surface area contributed by atoms with Gasteiger partial charge in [-0.2, -0.15) is 0 Å². The van der Waals surface area contributed by atoms with Gasteiger partial charge in [-0.3, -0.25) is 0 Å². The maximum Gasteiger partial charge on any atom is 0.242 e. The van der Waals surface area contributed by atoms with Gasteiger partial charge in [0, 0.05) is 32.4 Å². The van der Waals surface area contributed by atoms with Crippen molar-refractivity contribution in [2.45, 2.75) is 18.2 Å². The number of hydrogen-bond donors (Lipinski definition) is 2. The molecule has 2 aromatic rings. The topological polar surface area (TPSA) is 90.0 Å². The van der Waals surface area contributed by atoms with E-state index in [1.165, 1.54) is 6.07 Å². The number of sulfonamides is 1. The molecular weight excluding hydrogens is 276 g/mol. The summed E-state index contributed by atoms with van der Waals surface area (Å²) in [5.41, 5.74) is 6.95. The lowest BCUT2D eigenvalue weighted by atomic mass is 10.2. The van der Waals surface area contributed by atoms with Crippen molar-refractivity contribution in [2.24, 2.45) is 7.05 Å². The molecule has 0 aliphatic carbocycles. The van der Waals surface area contributed by atoms with Crippen molar-refractivity contribution >= 4 is 15.7 Å². The fraction of sp³-hybridized carbons (Fsp3) is 0.308. The first-order chi connectivity index (χ1) is 9.40. The van der Waals surface area contributed by atoms with Crippen LogP contribution in [0.4, 0.5) is 5.69 Å². The van der Waals surface area contributed by atoms with E-state index in [4.69, 9.17) is 5.73 Å². The van der Waals surface area contributed by atoms with Crippen molar-refractivity contribution in [2.75, 3.05) is 12.3 Å². The third kappa shape index (κ3) is 3.17. The second-order valence-corrected chi connectivity index (χ2v) is 6.38. The summed E-state index contributed by atoms with van der Waals surface area (Å²) < 4.78 is 28.7. The maximum absolute atomic E-state index is 12.2. The third-order valence-corrected chi connectivity index (χ3v) is 4.55.